The SMILES string of the molecule is CCSCc1cc(C#CCO)cs1. The van der Waals surface area contributed by atoms with Crippen LogP contribution in [-0.4, -0.2) is 17.5 Å². The van der Waals surface area contributed by atoms with E-state index in [0.29, 0.717) is 0 Å². The van der Waals surface area contributed by atoms with Gasteiger partial charge in [0.25, 0.3) is 0 Å². The van der Waals surface area contributed by atoms with E-state index in [1.165, 1.54) is 4.88 Å². The number of thiophene rings is 1. The van der Waals surface area contributed by atoms with E-state index in [1.54, 1.807) is 11.3 Å². The Morgan fingerprint density at radius 2 is 2.46 bits per heavy atom. The zero-order valence-electron chi connectivity index (χ0n) is 7.54. The molecule has 0 saturated carbocycles. The molecule has 1 aromatic heterocycles. The van der Waals surface area contributed by atoms with E-state index in [0.717, 1.165) is 17.1 Å². The Morgan fingerprint density at radius 1 is 1.62 bits per heavy atom. The second kappa shape index (κ2) is 6.09. The van der Waals surface area contributed by atoms with Gasteiger partial charge >= 0.3 is 0 Å². The van der Waals surface area contributed by atoms with Crippen molar-refractivity contribution in [2.24, 2.45) is 0 Å². The van der Waals surface area contributed by atoms with Gasteiger partial charge < -0.3 is 5.11 Å². The molecule has 70 valence electrons. The lowest BCUT2D eigenvalue weighted by Gasteiger charge is -1.91. The average Bonchev–Trinajstić information content (AvgIpc) is 2.59. The molecule has 0 atom stereocenters. The lowest BCUT2D eigenvalue weighted by atomic mass is 10.3. The van der Waals surface area contributed by atoms with E-state index in [1.807, 2.05) is 17.1 Å². The molecule has 0 saturated heterocycles. The van der Waals surface area contributed by atoms with Crippen LogP contribution in [0, 0.1) is 11.8 Å². The Kier molecular flexibility index (Phi) is 4.99. The van der Waals surface area contributed by atoms with Gasteiger partial charge in [0.15, 0.2) is 0 Å². The van der Waals surface area contributed by atoms with E-state index < -0.39 is 0 Å². The van der Waals surface area contributed by atoms with Crippen molar-refractivity contribution >= 4 is 23.1 Å². The van der Waals surface area contributed by atoms with Crippen molar-refractivity contribution in [3.8, 4) is 11.8 Å². The Morgan fingerprint density at radius 3 is 3.15 bits per heavy atom. The lowest BCUT2D eigenvalue weighted by Crippen LogP contribution is -1.74. The molecule has 0 amide bonds. The highest BCUT2D eigenvalue weighted by atomic mass is 32.2. The average molecular weight is 212 g/mol. The molecule has 1 nitrogen and oxygen atoms in total. The highest BCUT2D eigenvalue weighted by molar-refractivity contribution is 7.98. The topological polar surface area (TPSA) is 20.2 Å². The zero-order valence-corrected chi connectivity index (χ0v) is 9.17. The van der Waals surface area contributed by atoms with Crippen LogP contribution in [0.5, 0.6) is 0 Å². The second-order valence-corrected chi connectivity index (χ2v) is 4.67. The fourth-order valence-corrected chi connectivity index (χ4v) is 2.48. The summed E-state index contributed by atoms with van der Waals surface area (Å²) in [6.07, 6.45) is 0. The zero-order chi connectivity index (χ0) is 9.52. The number of aliphatic hydroxyl groups is 1. The number of rotatable bonds is 3. The van der Waals surface area contributed by atoms with Crippen LogP contribution in [0.4, 0.5) is 0 Å². The van der Waals surface area contributed by atoms with Gasteiger partial charge in [0, 0.05) is 21.6 Å². The largest absolute Gasteiger partial charge is 0.384 e. The van der Waals surface area contributed by atoms with Gasteiger partial charge in [0.05, 0.1) is 0 Å². The van der Waals surface area contributed by atoms with Crippen molar-refractivity contribution in [2.75, 3.05) is 12.4 Å². The molecule has 0 unspecified atom stereocenters. The van der Waals surface area contributed by atoms with E-state index in [-0.39, 0.29) is 6.61 Å². The molecule has 1 rings (SSSR count). The summed E-state index contributed by atoms with van der Waals surface area (Å²) in [7, 11) is 0. The van der Waals surface area contributed by atoms with Gasteiger partial charge in [-0.3, -0.25) is 0 Å². The van der Waals surface area contributed by atoms with Crippen molar-refractivity contribution in [3.05, 3.63) is 21.9 Å². The minimum Gasteiger partial charge on any atom is -0.384 e. The van der Waals surface area contributed by atoms with Gasteiger partial charge in [0.1, 0.15) is 6.61 Å². The Bertz CT molecular complexity index is 306. The predicted molar refractivity (Wildman–Crippen MR) is 60.1 cm³/mol. The smallest absolute Gasteiger partial charge is 0.104 e. The summed E-state index contributed by atoms with van der Waals surface area (Å²) in [5.41, 5.74) is 1.02. The molecule has 0 aliphatic carbocycles. The molecule has 0 spiro atoms. The van der Waals surface area contributed by atoms with Crippen molar-refractivity contribution in [3.63, 3.8) is 0 Å². The summed E-state index contributed by atoms with van der Waals surface area (Å²) in [4.78, 5) is 1.36. The standard InChI is InChI=1S/C10H12OS2/c1-2-12-8-10-6-9(7-13-10)4-3-5-11/h6-7,11H,2,5,8H2,1H3. The van der Waals surface area contributed by atoms with Gasteiger partial charge in [-0.15, -0.1) is 11.3 Å². The van der Waals surface area contributed by atoms with Gasteiger partial charge in [0.2, 0.25) is 0 Å². The Balaban J connectivity index is 2.53. The number of hydrogen-bond donors (Lipinski definition) is 1. The second-order valence-electron chi connectivity index (χ2n) is 2.40. The molecule has 0 bridgehead atoms. The quantitative estimate of drug-likeness (QED) is 0.776. The minimum absolute atomic E-state index is 0.0606. The minimum atomic E-state index is -0.0606. The third-order valence-corrected chi connectivity index (χ3v) is 3.46. The summed E-state index contributed by atoms with van der Waals surface area (Å²) in [6, 6.07) is 2.09. The van der Waals surface area contributed by atoms with Crippen LogP contribution in [0.1, 0.15) is 17.4 Å². The van der Waals surface area contributed by atoms with Crippen LogP contribution in [0.15, 0.2) is 11.4 Å². The molecule has 0 fully saturated rings. The molecule has 1 heterocycles. The number of hydrogen-bond acceptors (Lipinski definition) is 3. The first kappa shape index (κ1) is 10.6. The number of thioether (sulfide) groups is 1. The summed E-state index contributed by atoms with van der Waals surface area (Å²) >= 11 is 3.65. The van der Waals surface area contributed by atoms with E-state index >= 15 is 0 Å². The molecular formula is C10H12OS2. The first-order chi connectivity index (χ1) is 6.36. The van der Waals surface area contributed by atoms with Crippen LogP contribution >= 0.6 is 23.1 Å². The van der Waals surface area contributed by atoms with Gasteiger partial charge in [-0.25, -0.2) is 0 Å². The molecule has 1 aromatic rings. The van der Waals surface area contributed by atoms with Crippen molar-refractivity contribution in [2.45, 2.75) is 12.7 Å². The van der Waals surface area contributed by atoms with E-state index in [2.05, 4.69) is 24.8 Å². The summed E-state index contributed by atoms with van der Waals surface area (Å²) < 4.78 is 0. The Labute approximate surface area is 87.2 Å². The Hall–Kier alpha value is -0.430. The monoisotopic (exact) mass is 212 g/mol. The van der Waals surface area contributed by atoms with Crippen molar-refractivity contribution < 1.29 is 5.11 Å². The molecule has 0 radical (unpaired) electrons. The van der Waals surface area contributed by atoms with Crippen LogP contribution in [0.25, 0.3) is 0 Å². The van der Waals surface area contributed by atoms with Gasteiger partial charge in [-0.2, -0.15) is 11.8 Å². The molecule has 0 aliphatic rings. The third-order valence-electron chi connectivity index (χ3n) is 1.41. The number of aliphatic hydroxyl groups excluding tert-OH is 1. The molecule has 3 heteroatoms. The van der Waals surface area contributed by atoms with Crippen LogP contribution < -0.4 is 0 Å². The normalized spacial score (nSPS) is 9.38. The molecular weight excluding hydrogens is 200 g/mol. The molecule has 1 N–H and O–H groups in total. The summed E-state index contributed by atoms with van der Waals surface area (Å²) in [5.74, 6) is 7.75. The van der Waals surface area contributed by atoms with E-state index in [4.69, 9.17) is 5.11 Å². The highest BCUT2D eigenvalue weighted by Crippen LogP contribution is 2.19. The molecule has 0 aliphatic heterocycles. The van der Waals surface area contributed by atoms with Gasteiger partial charge in [-0.05, 0) is 11.8 Å². The van der Waals surface area contributed by atoms with Gasteiger partial charge in [-0.1, -0.05) is 18.8 Å². The maximum atomic E-state index is 8.50. The third kappa shape index (κ3) is 3.86. The summed E-state index contributed by atoms with van der Waals surface area (Å²) in [6.45, 7) is 2.10. The van der Waals surface area contributed by atoms with Crippen LogP contribution in [-0.2, 0) is 5.75 Å². The maximum absolute atomic E-state index is 8.50. The lowest BCUT2D eigenvalue weighted by molar-refractivity contribution is 0.350. The maximum Gasteiger partial charge on any atom is 0.104 e. The highest BCUT2D eigenvalue weighted by Gasteiger charge is 1.96. The van der Waals surface area contributed by atoms with Crippen molar-refractivity contribution in [1.82, 2.24) is 0 Å². The van der Waals surface area contributed by atoms with Crippen LogP contribution in [0.3, 0.4) is 0 Å². The first-order valence-electron chi connectivity index (χ1n) is 4.11. The first-order valence-corrected chi connectivity index (χ1v) is 6.15. The van der Waals surface area contributed by atoms with E-state index in [9.17, 15) is 0 Å². The van der Waals surface area contributed by atoms with Crippen LogP contribution in [0.2, 0.25) is 0 Å². The molecule has 0 aromatic carbocycles. The predicted octanol–water partition coefficient (Wildman–Crippen LogP) is 2.35. The van der Waals surface area contributed by atoms with Crippen molar-refractivity contribution in [1.29, 1.82) is 0 Å². The summed E-state index contributed by atoms with van der Waals surface area (Å²) in [5, 5.41) is 10.5. The molecule has 13 heavy (non-hydrogen) atoms. The fraction of sp³-hybridized carbons (Fsp3) is 0.400. The fourth-order valence-electron chi connectivity index (χ4n) is 0.866.